The molecule has 2 saturated heterocycles. The van der Waals surface area contributed by atoms with E-state index in [2.05, 4.69) is 0 Å². The van der Waals surface area contributed by atoms with E-state index < -0.39 is 40.5 Å². The van der Waals surface area contributed by atoms with Gasteiger partial charge in [0.05, 0.1) is 18.1 Å². The van der Waals surface area contributed by atoms with Crippen LogP contribution in [0.15, 0.2) is 41.3 Å². The number of amides is 2. The van der Waals surface area contributed by atoms with Gasteiger partial charge in [-0.05, 0) is 48.4 Å². The number of rotatable bonds is 7. The van der Waals surface area contributed by atoms with Crippen LogP contribution in [0.4, 0.5) is 0 Å². The molecule has 2 aliphatic heterocycles. The first kappa shape index (κ1) is 25.4. The number of hydrogen-bond donors (Lipinski definition) is 1. The Morgan fingerprint density at radius 3 is 2.49 bits per heavy atom. The van der Waals surface area contributed by atoms with Crippen LogP contribution < -0.4 is 0 Å². The van der Waals surface area contributed by atoms with E-state index in [1.807, 2.05) is 0 Å². The normalized spacial score (nSPS) is 20.0. The van der Waals surface area contributed by atoms with E-state index in [4.69, 9.17) is 16.3 Å². The highest BCUT2D eigenvalue weighted by Crippen LogP contribution is 2.29. The molecular weight excluding hydrogens is 498 g/mol. The molecule has 188 valence electrons. The van der Waals surface area contributed by atoms with Gasteiger partial charge in [0, 0.05) is 24.7 Å². The number of ether oxygens (including phenoxy) is 1. The smallest absolute Gasteiger partial charge is 0.318 e. The minimum Gasteiger partial charge on any atom is -0.480 e. The number of hydrogen-bond acceptors (Lipinski definition) is 6. The molecule has 0 unspecified atom stereocenters. The first-order valence-electron chi connectivity index (χ1n) is 11.2. The van der Waals surface area contributed by atoms with Crippen molar-refractivity contribution in [3.63, 3.8) is 0 Å². The van der Waals surface area contributed by atoms with Gasteiger partial charge in [-0.3, -0.25) is 14.4 Å². The lowest BCUT2D eigenvalue weighted by Gasteiger charge is -2.33. The lowest BCUT2D eigenvalue weighted by molar-refractivity contribution is -0.147. The number of sulfonamides is 1. The predicted molar refractivity (Wildman–Crippen MR) is 127 cm³/mol. The molecule has 2 fully saturated rings. The fourth-order valence-corrected chi connectivity index (χ4v) is 6.28. The van der Waals surface area contributed by atoms with Gasteiger partial charge in [0.1, 0.15) is 18.6 Å². The average Bonchev–Trinajstić information content (AvgIpc) is 3.22. The zero-order valence-electron chi connectivity index (χ0n) is 19.1. The summed E-state index contributed by atoms with van der Waals surface area (Å²) in [5.74, 6) is -2.22. The van der Waals surface area contributed by atoms with Crippen LogP contribution in [0, 0.1) is 0 Å². The third-order valence-electron chi connectivity index (χ3n) is 6.38. The molecule has 0 spiro atoms. The van der Waals surface area contributed by atoms with Gasteiger partial charge in [0.25, 0.3) is 0 Å². The molecule has 10 nitrogen and oxygen atoms in total. The topological polar surface area (TPSA) is 125 Å². The van der Waals surface area contributed by atoms with Crippen molar-refractivity contribution >= 4 is 50.2 Å². The van der Waals surface area contributed by atoms with E-state index in [1.165, 1.54) is 17.0 Å². The summed E-state index contributed by atoms with van der Waals surface area (Å²) in [4.78, 5) is 40.6. The summed E-state index contributed by atoms with van der Waals surface area (Å²) < 4.78 is 33.1. The number of morpholine rings is 1. The summed E-state index contributed by atoms with van der Waals surface area (Å²) in [6, 6.07) is 7.33. The van der Waals surface area contributed by atoms with Gasteiger partial charge in [-0.25, -0.2) is 8.42 Å². The monoisotopic (exact) mass is 523 g/mol. The average molecular weight is 524 g/mol. The molecule has 0 aromatic heterocycles. The van der Waals surface area contributed by atoms with Crippen LogP contribution in [0.25, 0.3) is 10.8 Å². The molecule has 2 aliphatic rings. The maximum absolute atomic E-state index is 13.5. The second-order valence-electron chi connectivity index (χ2n) is 8.55. The van der Waals surface area contributed by atoms with Crippen LogP contribution in [-0.4, -0.2) is 96.9 Å². The molecule has 0 radical (unpaired) electrons. The summed E-state index contributed by atoms with van der Waals surface area (Å²) in [7, 11) is -4.34. The van der Waals surface area contributed by atoms with Crippen molar-refractivity contribution in [3.8, 4) is 0 Å². The molecule has 2 atom stereocenters. The second-order valence-corrected chi connectivity index (χ2v) is 10.9. The highest BCUT2D eigenvalue weighted by atomic mass is 35.5. The molecule has 4 rings (SSSR count). The van der Waals surface area contributed by atoms with Gasteiger partial charge in [-0.15, -0.1) is 0 Å². The van der Waals surface area contributed by atoms with Crippen molar-refractivity contribution in [2.45, 2.75) is 30.3 Å². The Bertz CT molecular complexity index is 1260. The highest BCUT2D eigenvalue weighted by Gasteiger charge is 2.45. The Balaban J connectivity index is 1.60. The summed E-state index contributed by atoms with van der Waals surface area (Å²) in [5, 5.41) is 11.3. The fourth-order valence-electron chi connectivity index (χ4n) is 4.51. The molecule has 2 amide bonds. The second kappa shape index (κ2) is 10.1. The minimum atomic E-state index is -4.34. The van der Waals surface area contributed by atoms with Crippen molar-refractivity contribution in [2.75, 3.05) is 39.4 Å². The van der Waals surface area contributed by atoms with Crippen molar-refractivity contribution in [3.05, 3.63) is 41.4 Å². The van der Waals surface area contributed by atoms with Crippen molar-refractivity contribution < 1.29 is 32.6 Å². The van der Waals surface area contributed by atoms with Crippen LogP contribution in [0.2, 0.25) is 5.02 Å². The van der Waals surface area contributed by atoms with E-state index in [0.717, 1.165) is 9.69 Å². The number of carboxylic acids is 1. The quantitative estimate of drug-likeness (QED) is 0.582. The number of carboxylic acid groups (broad SMARTS) is 1. The molecule has 2 heterocycles. The number of halogens is 1. The number of likely N-dealkylation sites (tertiary alicyclic amines) is 1. The molecule has 1 N–H and O–H groups in total. The van der Waals surface area contributed by atoms with E-state index in [9.17, 15) is 27.9 Å². The summed E-state index contributed by atoms with van der Waals surface area (Å²) >= 11 is 6.00. The zero-order valence-corrected chi connectivity index (χ0v) is 20.7. The summed E-state index contributed by atoms with van der Waals surface area (Å²) in [5.41, 5.74) is 0. The predicted octanol–water partition coefficient (Wildman–Crippen LogP) is 1.42. The Kier molecular flexibility index (Phi) is 7.32. The molecule has 35 heavy (non-hydrogen) atoms. The Morgan fingerprint density at radius 2 is 1.80 bits per heavy atom. The Hall–Kier alpha value is -2.73. The molecule has 2 aromatic rings. The van der Waals surface area contributed by atoms with E-state index >= 15 is 0 Å². The third kappa shape index (κ3) is 5.13. The van der Waals surface area contributed by atoms with Crippen molar-refractivity contribution in [1.82, 2.24) is 14.1 Å². The molecule has 12 heteroatoms. The van der Waals surface area contributed by atoms with E-state index in [1.54, 1.807) is 36.1 Å². The summed E-state index contributed by atoms with van der Waals surface area (Å²) in [6.45, 7) is 2.53. The van der Waals surface area contributed by atoms with Crippen molar-refractivity contribution in [2.24, 2.45) is 0 Å². The largest absolute Gasteiger partial charge is 0.480 e. The molecular formula is C23H26ClN3O7S. The van der Waals surface area contributed by atoms with Gasteiger partial charge in [0.15, 0.2) is 0 Å². The Labute approximate surface area is 208 Å². The van der Waals surface area contributed by atoms with Crippen LogP contribution >= 0.6 is 11.6 Å². The number of benzene rings is 2. The van der Waals surface area contributed by atoms with Gasteiger partial charge < -0.3 is 19.6 Å². The minimum absolute atomic E-state index is 0.0786. The maximum atomic E-state index is 13.5. The van der Waals surface area contributed by atoms with Gasteiger partial charge in [-0.1, -0.05) is 23.7 Å². The first-order chi connectivity index (χ1) is 16.6. The number of carbonyl (C=O) groups excluding carboxylic acids is 2. The van der Waals surface area contributed by atoms with Crippen LogP contribution in [0.5, 0.6) is 0 Å². The SMILES string of the molecule is C[C@@H](C(=O)N1CCOCC1)N1CC[C@H](N(CC(=O)O)S(=O)(=O)c2ccc3cc(Cl)ccc3c2)C1=O. The standard InChI is InChI=1S/C23H26ClN3O7S/c1-15(22(30)25-8-10-34-11-9-25)26-7-6-20(23(26)31)27(14-21(28)29)35(32,33)19-5-3-16-12-18(24)4-2-17(16)13-19/h2-5,12-13,15,20H,6-11,14H2,1H3,(H,28,29)/t15-,20-/m0/s1. The van der Waals surface area contributed by atoms with E-state index in [-0.39, 0.29) is 23.8 Å². The highest BCUT2D eigenvalue weighted by molar-refractivity contribution is 7.89. The van der Waals surface area contributed by atoms with Crippen molar-refractivity contribution in [1.29, 1.82) is 0 Å². The lowest BCUT2D eigenvalue weighted by Crippen LogP contribution is -2.53. The maximum Gasteiger partial charge on any atom is 0.318 e. The number of fused-ring (bicyclic) bond motifs is 1. The number of aliphatic carboxylic acids is 1. The molecule has 2 aromatic carbocycles. The van der Waals surface area contributed by atoms with Crippen LogP contribution in [0.1, 0.15) is 13.3 Å². The molecule has 0 saturated carbocycles. The fraction of sp³-hybridized carbons (Fsp3) is 0.435. The lowest BCUT2D eigenvalue weighted by atomic mass is 10.1. The number of nitrogens with zero attached hydrogens (tertiary/aromatic N) is 3. The Morgan fingerprint density at radius 1 is 1.14 bits per heavy atom. The van der Waals surface area contributed by atoms with Gasteiger partial charge in [-0.2, -0.15) is 4.31 Å². The first-order valence-corrected chi connectivity index (χ1v) is 13.0. The third-order valence-corrected chi connectivity index (χ3v) is 8.46. The summed E-state index contributed by atoms with van der Waals surface area (Å²) in [6.07, 6.45) is 0.0786. The van der Waals surface area contributed by atoms with E-state index in [0.29, 0.717) is 36.7 Å². The molecule has 0 bridgehead atoms. The van der Waals surface area contributed by atoms with Crippen LogP contribution in [-0.2, 0) is 29.1 Å². The van der Waals surface area contributed by atoms with Crippen LogP contribution in [0.3, 0.4) is 0 Å². The number of carbonyl (C=O) groups is 3. The van der Waals surface area contributed by atoms with Gasteiger partial charge >= 0.3 is 5.97 Å². The zero-order chi connectivity index (χ0) is 25.3. The van der Waals surface area contributed by atoms with Gasteiger partial charge in [0.2, 0.25) is 21.8 Å². The molecule has 0 aliphatic carbocycles.